The third-order valence-corrected chi connectivity index (χ3v) is 9.32. The predicted octanol–water partition coefficient (Wildman–Crippen LogP) is 4.32. The van der Waals surface area contributed by atoms with Crippen molar-refractivity contribution in [2.75, 3.05) is 0 Å². The van der Waals surface area contributed by atoms with Crippen LogP contribution in [0.4, 0.5) is 0 Å². The van der Waals surface area contributed by atoms with Crippen LogP contribution in [0, 0.1) is 0 Å². The van der Waals surface area contributed by atoms with E-state index in [1.807, 2.05) is 84.9 Å². The molecule has 2 heterocycles. The summed E-state index contributed by atoms with van der Waals surface area (Å²) >= 11 is 0. The molecule has 0 spiro atoms. The van der Waals surface area contributed by atoms with E-state index in [1.165, 1.54) is 18.1 Å². The minimum absolute atomic E-state index is 0. The summed E-state index contributed by atoms with van der Waals surface area (Å²) in [5.41, 5.74) is 5.52. The molecule has 0 N–H and O–H groups in total. The summed E-state index contributed by atoms with van der Waals surface area (Å²) in [4.78, 5) is 26.2. The second-order valence-corrected chi connectivity index (χ2v) is 12.5. The van der Waals surface area contributed by atoms with Crippen LogP contribution in [0.5, 0.6) is 11.5 Å². The van der Waals surface area contributed by atoms with Gasteiger partial charge >= 0.3 is 29.6 Å². The van der Waals surface area contributed by atoms with E-state index in [9.17, 15) is 9.90 Å². The third-order valence-electron chi connectivity index (χ3n) is 9.32. The van der Waals surface area contributed by atoms with Gasteiger partial charge in [0.05, 0.1) is 34.1 Å². The topological polar surface area (TPSA) is 106 Å². The fraction of sp³-hybridized carbons (Fsp3) is 0.220. The van der Waals surface area contributed by atoms with Gasteiger partial charge in [0.15, 0.2) is 0 Å². The van der Waals surface area contributed by atoms with Crippen molar-refractivity contribution in [3.63, 3.8) is 0 Å². The van der Waals surface area contributed by atoms with Crippen molar-refractivity contribution in [1.29, 1.82) is 0 Å². The average Bonchev–Trinajstić information content (AvgIpc) is 3.15. The van der Waals surface area contributed by atoms with Gasteiger partial charge in [0.1, 0.15) is 30.8 Å². The van der Waals surface area contributed by atoms with Gasteiger partial charge in [-0.1, -0.05) is 78.0 Å². The van der Waals surface area contributed by atoms with Crippen molar-refractivity contribution >= 4 is 33.5 Å². The monoisotopic (exact) mass is 673 g/mol. The Morgan fingerprint density at radius 3 is 1.62 bits per heavy atom. The Bertz CT molecular complexity index is 1980. The molecule has 1 fully saturated rings. The van der Waals surface area contributed by atoms with Crippen molar-refractivity contribution in [2.24, 2.45) is 5.16 Å². The molecular formula is C41H36N3NaO5. The number of carbonyl (C=O) groups excluding carboxylic acids is 1. The maximum absolute atomic E-state index is 11.1. The summed E-state index contributed by atoms with van der Waals surface area (Å²) in [6.45, 7) is 2.12. The predicted molar refractivity (Wildman–Crippen MR) is 187 cm³/mol. The summed E-state index contributed by atoms with van der Waals surface area (Å²) in [7, 11) is 0. The van der Waals surface area contributed by atoms with Crippen LogP contribution < -0.4 is 44.1 Å². The molecule has 1 saturated carbocycles. The number of hydrogen-bond acceptors (Lipinski definition) is 8. The van der Waals surface area contributed by atoms with Crippen molar-refractivity contribution < 1.29 is 53.8 Å². The molecule has 0 aliphatic heterocycles. The molecule has 0 atom stereocenters. The maximum Gasteiger partial charge on any atom is 1.00 e. The number of rotatable bonds is 11. The van der Waals surface area contributed by atoms with Crippen LogP contribution in [0.25, 0.3) is 21.8 Å². The number of ether oxygens (including phenoxy) is 2. The Hall–Kier alpha value is -4.76. The van der Waals surface area contributed by atoms with Gasteiger partial charge in [0, 0.05) is 16.2 Å². The minimum atomic E-state index is -1.33. The molecular weight excluding hydrogens is 637 g/mol. The van der Waals surface area contributed by atoms with E-state index in [0.717, 1.165) is 57.5 Å². The van der Waals surface area contributed by atoms with Gasteiger partial charge in [-0.15, -0.1) is 0 Å². The third kappa shape index (κ3) is 7.99. The first-order chi connectivity index (χ1) is 23.9. The van der Waals surface area contributed by atoms with Gasteiger partial charge in [0.2, 0.25) is 0 Å². The number of carboxylic acid groups (broad SMARTS) is 1. The van der Waals surface area contributed by atoms with Crippen LogP contribution >= 0.6 is 0 Å². The summed E-state index contributed by atoms with van der Waals surface area (Å²) < 4.78 is 12.3. The molecule has 8 nitrogen and oxygen atoms in total. The standard InChI is InChI=1S/C41H37N3O5.Na/c1-28(40(45)46)44-49-37-22-24-41(25-23-37,31-12-18-35(19-13-31)47-26-33-16-10-29-6-2-4-8-38(29)42-33)32-14-20-36(21-15-32)48-27-34-17-11-30-7-3-5-9-39(30)43-34;/h2-21,37H,22-27H2,1H3,(H,45,46);/q;+1/p-1/b44-28+;. The van der Waals surface area contributed by atoms with Crippen LogP contribution in [0.1, 0.15) is 55.1 Å². The molecule has 0 saturated heterocycles. The molecule has 0 radical (unpaired) electrons. The van der Waals surface area contributed by atoms with Gasteiger partial charge < -0.3 is 24.2 Å². The largest absolute Gasteiger partial charge is 1.00 e. The van der Waals surface area contributed by atoms with E-state index in [0.29, 0.717) is 26.1 Å². The molecule has 6 aromatic rings. The Morgan fingerprint density at radius 2 is 1.16 bits per heavy atom. The van der Waals surface area contributed by atoms with Gasteiger partial charge in [-0.25, -0.2) is 9.97 Å². The second-order valence-electron chi connectivity index (χ2n) is 12.5. The van der Waals surface area contributed by atoms with Crippen molar-refractivity contribution in [3.05, 3.63) is 144 Å². The van der Waals surface area contributed by atoms with Crippen molar-refractivity contribution in [2.45, 2.75) is 57.3 Å². The Labute approximate surface area is 313 Å². The maximum atomic E-state index is 11.1. The number of hydrogen-bond donors (Lipinski definition) is 0. The number of carbonyl (C=O) groups is 1. The van der Waals surface area contributed by atoms with Crippen molar-refractivity contribution in [1.82, 2.24) is 9.97 Å². The van der Waals surface area contributed by atoms with Gasteiger partial charge in [-0.2, -0.15) is 0 Å². The summed E-state index contributed by atoms with van der Waals surface area (Å²) in [6.07, 6.45) is 2.82. The average molecular weight is 674 g/mol. The SMILES string of the molecule is C/C(=N\OC1CCC(c2ccc(OCc3ccc4ccccc4n3)cc2)(c2ccc(OCc3ccc4ccccc4n3)cc2)CC1)C(=O)[O-].[Na+]. The first-order valence-corrected chi connectivity index (χ1v) is 16.5. The van der Waals surface area contributed by atoms with E-state index in [-0.39, 0.29) is 46.8 Å². The van der Waals surface area contributed by atoms with Crippen LogP contribution in [-0.4, -0.2) is 27.8 Å². The zero-order valence-corrected chi connectivity index (χ0v) is 30.2. The number of benzene rings is 4. The van der Waals surface area contributed by atoms with E-state index < -0.39 is 5.97 Å². The van der Waals surface area contributed by atoms with E-state index >= 15 is 0 Å². The zero-order chi connectivity index (χ0) is 33.6. The number of carboxylic acids is 1. The molecule has 0 bridgehead atoms. The van der Waals surface area contributed by atoms with Crippen molar-refractivity contribution in [3.8, 4) is 11.5 Å². The number of aromatic nitrogens is 2. The molecule has 246 valence electrons. The molecule has 4 aromatic carbocycles. The molecule has 1 aliphatic rings. The fourth-order valence-electron chi connectivity index (χ4n) is 6.56. The molecule has 2 aromatic heterocycles. The van der Waals surface area contributed by atoms with Gasteiger partial charge in [-0.05, 0) is 92.3 Å². The summed E-state index contributed by atoms with van der Waals surface area (Å²) in [6, 6.07) is 40.8. The van der Waals surface area contributed by atoms with Gasteiger partial charge in [-0.3, -0.25) is 0 Å². The van der Waals surface area contributed by atoms with Gasteiger partial charge in [0.25, 0.3) is 0 Å². The second kappa shape index (κ2) is 15.9. The van der Waals surface area contributed by atoms with Crippen LogP contribution in [-0.2, 0) is 28.3 Å². The van der Waals surface area contributed by atoms with Crippen LogP contribution in [0.2, 0.25) is 0 Å². The number of nitrogens with zero attached hydrogens (tertiary/aromatic N) is 3. The normalized spacial score (nSPS) is 14.5. The number of fused-ring (bicyclic) bond motifs is 2. The molecule has 7 rings (SSSR count). The number of aliphatic carboxylic acids is 1. The number of pyridine rings is 2. The Morgan fingerprint density at radius 1 is 0.700 bits per heavy atom. The fourth-order valence-corrected chi connectivity index (χ4v) is 6.56. The van der Waals surface area contributed by atoms with E-state index in [1.54, 1.807) is 0 Å². The first kappa shape index (κ1) is 35.1. The van der Waals surface area contributed by atoms with Crippen LogP contribution in [0.3, 0.4) is 0 Å². The quantitative estimate of drug-likeness (QED) is 0.115. The van der Waals surface area contributed by atoms with E-state index in [2.05, 4.69) is 41.6 Å². The number of oxime groups is 1. The van der Waals surface area contributed by atoms with Crippen LogP contribution in [0.15, 0.2) is 126 Å². The summed E-state index contributed by atoms with van der Waals surface area (Å²) in [5, 5.41) is 17.1. The zero-order valence-electron chi connectivity index (χ0n) is 28.2. The van der Waals surface area contributed by atoms with E-state index in [4.69, 9.17) is 24.3 Å². The Balaban J connectivity index is 0.00000432. The smallest absolute Gasteiger partial charge is 0.543 e. The molecule has 0 amide bonds. The molecule has 0 unspecified atom stereocenters. The molecule has 50 heavy (non-hydrogen) atoms. The minimum Gasteiger partial charge on any atom is -0.543 e. The molecule has 9 heteroatoms. The molecule has 1 aliphatic carbocycles. The Kier molecular flexibility index (Phi) is 11.1. The summed E-state index contributed by atoms with van der Waals surface area (Å²) in [5.74, 6) is 0.204. The number of para-hydroxylation sites is 2. The first-order valence-electron chi connectivity index (χ1n) is 16.5.